The van der Waals surface area contributed by atoms with Gasteiger partial charge < -0.3 is 4.42 Å². The molecule has 0 aliphatic rings. The zero-order chi connectivity index (χ0) is 15.0. The van der Waals surface area contributed by atoms with Crippen molar-refractivity contribution in [2.24, 2.45) is 0 Å². The van der Waals surface area contributed by atoms with Crippen molar-refractivity contribution in [1.29, 1.82) is 0 Å². The first kappa shape index (κ1) is 13.6. The zero-order valence-electron chi connectivity index (χ0n) is 11.2. The maximum atomic E-state index is 12.7. The molecule has 0 atom stereocenters. The molecular weight excluding hydrogens is 288 g/mol. The second-order valence-corrected chi connectivity index (χ2v) is 6.58. The third-order valence-corrected chi connectivity index (χ3v) is 5.22. The molecule has 0 saturated carbocycles. The summed E-state index contributed by atoms with van der Waals surface area (Å²) in [5.41, 5.74) is 0.413. The predicted molar refractivity (Wildman–Crippen MR) is 79.1 cm³/mol. The molecule has 3 rings (SSSR count). The van der Waals surface area contributed by atoms with Crippen molar-refractivity contribution in [2.75, 3.05) is 0 Å². The van der Waals surface area contributed by atoms with Crippen molar-refractivity contribution in [2.45, 2.75) is 16.7 Å². The molecule has 0 amide bonds. The number of fused-ring (bicyclic) bond motifs is 1. The van der Waals surface area contributed by atoms with Gasteiger partial charge >= 0.3 is 0 Å². The second-order valence-electron chi connectivity index (χ2n) is 4.69. The fourth-order valence-electron chi connectivity index (χ4n) is 2.22. The first-order chi connectivity index (χ1) is 10.0. The SMILES string of the molecule is Cc1ccccc1S(=O)(=O)c1coc2ccccc2c1=O. The molecule has 0 bridgehead atoms. The molecule has 0 spiro atoms. The monoisotopic (exact) mass is 300 g/mol. The summed E-state index contributed by atoms with van der Waals surface area (Å²) in [5, 5.41) is 0.257. The van der Waals surface area contributed by atoms with Crippen LogP contribution in [0, 0.1) is 6.92 Å². The lowest BCUT2D eigenvalue weighted by Crippen LogP contribution is -2.15. The molecule has 0 N–H and O–H groups in total. The first-order valence-electron chi connectivity index (χ1n) is 6.33. The van der Waals surface area contributed by atoms with Gasteiger partial charge in [0, 0.05) is 0 Å². The van der Waals surface area contributed by atoms with E-state index in [0.717, 1.165) is 6.26 Å². The largest absolute Gasteiger partial charge is 0.463 e. The number of hydrogen-bond donors (Lipinski definition) is 0. The van der Waals surface area contributed by atoms with Crippen LogP contribution in [0.15, 0.2) is 73.8 Å². The Morgan fingerprint density at radius 1 is 0.905 bits per heavy atom. The summed E-state index contributed by atoms with van der Waals surface area (Å²) in [5.74, 6) is 0. The number of aryl methyl sites for hydroxylation is 1. The van der Waals surface area contributed by atoms with Crippen LogP contribution in [-0.2, 0) is 9.84 Å². The second kappa shape index (κ2) is 4.86. The van der Waals surface area contributed by atoms with E-state index in [2.05, 4.69) is 0 Å². The highest BCUT2D eigenvalue weighted by molar-refractivity contribution is 7.91. The number of rotatable bonds is 2. The third-order valence-electron chi connectivity index (χ3n) is 3.32. The van der Waals surface area contributed by atoms with Crippen LogP contribution < -0.4 is 5.43 Å². The van der Waals surface area contributed by atoms with E-state index >= 15 is 0 Å². The van der Waals surface area contributed by atoms with Crippen LogP contribution in [0.3, 0.4) is 0 Å². The van der Waals surface area contributed by atoms with Crippen LogP contribution in [0.4, 0.5) is 0 Å². The Morgan fingerprint density at radius 3 is 2.33 bits per heavy atom. The highest BCUT2D eigenvalue weighted by Gasteiger charge is 2.24. The molecule has 3 aromatic rings. The lowest BCUT2D eigenvalue weighted by Gasteiger charge is -2.07. The summed E-state index contributed by atoms with van der Waals surface area (Å²) in [4.78, 5) is 12.2. The van der Waals surface area contributed by atoms with Crippen LogP contribution in [0.2, 0.25) is 0 Å². The minimum atomic E-state index is -3.90. The minimum Gasteiger partial charge on any atom is -0.463 e. The number of para-hydroxylation sites is 1. The molecule has 1 aromatic heterocycles. The van der Waals surface area contributed by atoms with E-state index in [9.17, 15) is 13.2 Å². The summed E-state index contributed by atoms with van der Waals surface area (Å²) in [6.45, 7) is 1.69. The van der Waals surface area contributed by atoms with E-state index in [1.54, 1.807) is 49.4 Å². The van der Waals surface area contributed by atoms with Gasteiger partial charge in [0.05, 0.1) is 10.3 Å². The topological polar surface area (TPSA) is 64.3 Å². The summed E-state index contributed by atoms with van der Waals surface area (Å²) in [6.07, 6.45) is 1.02. The Kier molecular flexibility index (Phi) is 3.14. The Balaban J connectivity index is 2.33. The smallest absolute Gasteiger partial charge is 0.213 e. The normalized spacial score (nSPS) is 11.7. The Morgan fingerprint density at radius 2 is 1.57 bits per heavy atom. The first-order valence-corrected chi connectivity index (χ1v) is 7.81. The molecule has 21 heavy (non-hydrogen) atoms. The quantitative estimate of drug-likeness (QED) is 0.730. The molecule has 0 unspecified atom stereocenters. The molecule has 0 aliphatic carbocycles. The Hall–Kier alpha value is -2.40. The van der Waals surface area contributed by atoms with Gasteiger partial charge in [0.2, 0.25) is 15.3 Å². The molecular formula is C16H12O4S. The van der Waals surface area contributed by atoms with E-state index in [1.165, 1.54) is 6.07 Å². The van der Waals surface area contributed by atoms with Gasteiger partial charge in [-0.05, 0) is 30.7 Å². The summed E-state index contributed by atoms with van der Waals surface area (Å²) in [6, 6.07) is 13.1. The van der Waals surface area contributed by atoms with Crippen molar-refractivity contribution in [3.05, 3.63) is 70.6 Å². The van der Waals surface area contributed by atoms with Crippen molar-refractivity contribution < 1.29 is 12.8 Å². The zero-order valence-corrected chi connectivity index (χ0v) is 12.1. The maximum Gasteiger partial charge on any atom is 0.213 e. The molecule has 0 radical (unpaired) electrons. The lowest BCUT2D eigenvalue weighted by atomic mass is 10.2. The van der Waals surface area contributed by atoms with Crippen molar-refractivity contribution in [3.8, 4) is 0 Å². The van der Waals surface area contributed by atoms with E-state index in [0.29, 0.717) is 11.1 Å². The van der Waals surface area contributed by atoms with Crippen molar-refractivity contribution in [3.63, 3.8) is 0 Å². The molecule has 4 nitrogen and oxygen atoms in total. The molecule has 5 heteroatoms. The van der Waals surface area contributed by atoms with Crippen LogP contribution in [-0.4, -0.2) is 8.42 Å². The minimum absolute atomic E-state index is 0.118. The fourth-order valence-corrected chi connectivity index (χ4v) is 3.74. The van der Waals surface area contributed by atoms with Gasteiger partial charge in [-0.1, -0.05) is 30.3 Å². The van der Waals surface area contributed by atoms with Crippen LogP contribution in [0.5, 0.6) is 0 Å². The molecule has 0 aliphatic heterocycles. The predicted octanol–water partition coefficient (Wildman–Crippen LogP) is 2.93. The summed E-state index contributed by atoms with van der Waals surface area (Å²) in [7, 11) is -3.90. The standard InChI is InChI=1S/C16H12O4S/c1-11-6-2-5-9-14(11)21(18,19)15-10-20-13-8-4-3-7-12(13)16(15)17/h2-10H,1H3. The molecule has 1 heterocycles. The Labute approximate surface area is 121 Å². The number of hydrogen-bond acceptors (Lipinski definition) is 4. The van der Waals surface area contributed by atoms with E-state index < -0.39 is 15.3 Å². The van der Waals surface area contributed by atoms with Gasteiger partial charge in [-0.2, -0.15) is 0 Å². The third kappa shape index (κ3) is 2.15. The van der Waals surface area contributed by atoms with Gasteiger partial charge in [0.25, 0.3) is 0 Å². The van der Waals surface area contributed by atoms with Crippen LogP contribution in [0.25, 0.3) is 11.0 Å². The average molecular weight is 300 g/mol. The van der Waals surface area contributed by atoms with Crippen LogP contribution in [0.1, 0.15) is 5.56 Å². The van der Waals surface area contributed by atoms with Crippen LogP contribution >= 0.6 is 0 Å². The van der Waals surface area contributed by atoms with E-state index in [-0.39, 0.29) is 15.2 Å². The van der Waals surface area contributed by atoms with Crippen molar-refractivity contribution >= 4 is 20.8 Å². The number of benzene rings is 2. The fraction of sp³-hybridized carbons (Fsp3) is 0.0625. The van der Waals surface area contributed by atoms with Gasteiger partial charge in [-0.15, -0.1) is 0 Å². The molecule has 106 valence electrons. The average Bonchev–Trinajstić information content (AvgIpc) is 2.48. The molecule has 0 saturated heterocycles. The number of sulfone groups is 1. The van der Waals surface area contributed by atoms with Gasteiger partial charge in [0.1, 0.15) is 11.8 Å². The molecule has 0 fully saturated rings. The Bertz CT molecular complexity index is 984. The van der Waals surface area contributed by atoms with Crippen molar-refractivity contribution in [1.82, 2.24) is 0 Å². The maximum absolute atomic E-state index is 12.7. The highest BCUT2D eigenvalue weighted by Crippen LogP contribution is 2.23. The highest BCUT2D eigenvalue weighted by atomic mass is 32.2. The van der Waals surface area contributed by atoms with Gasteiger partial charge in [0.15, 0.2) is 4.90 Å². The summed E-state index contributed by atoms with van der Waals surface area (Å²) >= 11 is 0. The lowest BCUT2D eigenvalue weighted by molar-refractivity contribution is 0.566. The van der Waals surface area contributed by atoms with E-state index in [1.807, 2.05) is 0 Å². The van der Waals surface area contributed by atoms with E-state index in [4.69, 9.17) is 4.42 Å². The molecule has 2 aromatic carbocycles. The van der Waals surface area contributed by atoms with Gasteiger partial charge in [-0.25, -0.2) is 8.42 Å². The van der Waals surface area contributed by atoms with Gasteiger partial charge in [-0.3, -0.25) is 4.79 Å². The summed E-state index contributed by atoms with van der Waals surface area (Å²) < 4.78 is 30.6.